The molecule has 0 bridgehead atoms. The first-order valence-electron chi connectivity index (χ1n) is 4.39. The van der Waals surface area contributed by atoms with Crippen molar-refractivity contribution in [1.82, 2.24) is 0 Å². The van der Waals surface area contributed by atoms with E-state index in [0.717, 1.165) is 17.5 Å². The van der Waals surface area contributed by atoms with Crippen LogP contribution in [0.5, 0.6) is 0 Å². The predicted octanol–water partition coefficient (Wildman–Crippen LogP) is 1.68. The molecule has 0 amide bonds. The molecule has 0 fully saturated rings. The topological polar surface area (TPSA) is 49.8 Å². The van der Waals surface area contributed by atoms with Gasteiger partial charge in [-0.1, -0.05) is 6.07 Å². The van der Waals surface area contributed by atoms with Crippen molar-refractivity contribution in [2.45, 2.75) is 20.3 Å². The Morgan fingerprint density at radius 3 is 2.54 bits per heavy atom. The largest absolute Gasteiger partial charge is 0.330 e. The molecule has 2 nitrogen and oxygen atoms in total. The summed E-state index contributed by atoms with van der Waals surface area (Å²) in [7, 11) is 0. The lowest BCUT2D eigenvalue weighted by molar-refractivity contribution is 0.955. The lowest BCUT2D eigenvalue weighted by Crippen LogP contribution is -2.04. The fourth-order valence-electron chi connectivity index (χ4n) is 1.44. The van der Waals surface area contributed by atoms with Crippen LogP contribution in [0.25, 0.3) is 0 Å². The van der Waals surface area contributed by atoms with Crippen molar-refractivity contribution in [1.29, 1.82) is 5.26 Å². The van der Waals surface area contributed by atoms with Gasteiger partial charge in [0.1, 0.15) is 0 Å². The quantitative estimate of drug-likeness (QED) is 0.741. The smallest absolute Gasteiger partial charge is 0.0994 e. The third-order valence-corrected chi connectivity index (χ3v) is 2.22. The second kappa shape index (κ2) is 4.06. The summed E-state index contributed by atoms with van der Waals surface area (Å²) in [6.07, 6.45) is 0.848. The highest BCUT2D eigenvalue weighted by molar-refractivity contribution is 5.43. The van der Waals surface area contributed by atoms with Crippen molar-refractivity contribution in [3.05, 3.63) is 34.4 Å². The molecule has 0 aliphatic heterocycles. The Kier molecular flexibility index (Phi) is 3.05. The minimum Gasteiger partial charge on any atom is -0.330 e. The average Bonchev–Trinajstić information content (AvgIpc) is 2.10. The molecule has 68 valence electrons. The van der Waals surface area contributed by atoms with Crippen LogP contribution in [0.1, 0.15) is 22.3 Å². The van der Waals surface area contributed by atoms with Crippen molar-refractivity contribution in [2.75, 3.05) is 6.54 Å². The van der Waals surface area contributed by atoms with Gasteiger partial charge in [-0.2, -0.15) is 5.26 Å². The fourth-order valence-corrected chi connectivity index (χ4v) is 1.44. The van der Waals surface area contributed by atoms with Crippen molar-refractivity contribution >= 4 is 0 Å². The first-order chi connectivity index (χ1) is 6.19. The molecule has 0 saturated heterocycles. The number of hydrogen-bond donors (Lipinski definition) is 1. The van der Waals surface area contributed by atoms with Crippen LogP contribution in [0, 0.1) is 25.2 Å². The maximum absolute atomic E-state index is 8.82. The number of nitrogens with two attached hydrogens (primary N) is 1. The van der Waals surface area contributed by atoms with Crippen molar-refractivity contribution in [2.24, 2.45) is 5.73 Å². The van der Waals surface area contributed by atoms with E-state index >= 15 is 0 Å². The zero-order valence-electron chi connectivity index (χ0n) is 8.09. The third kappa shape index (κ3) is 2.07. The maximum Gasteiger partial charge on any atom is 0.0994 e. The van der Waals surface area contributed by atoms with E-state index < -0.39 is 0 Å². The molecule has 13 heavy (non-hydrogen) atoms. The Labute approximate surface area is 79.0 Å². The second-order valence-electron chi connectivity index (χ2n) is 3.24. The number of nitrogens with zero attached hydrogens (tertiary/aromatic N) is 1. The van der Waals surface area contributed by atoms with E-state index in [1.807, 2.05) is 19.1 Å². The van der Waals surface area contributed by atoms with Crippen LogP contribution in [0.2, 0.25) is 0 Å². The van der Waals surface area contributed by atoms with Gasteiger partial charge in [-0.25, -0.2) is 0 Å². The monoisotopic (exact) mass is 174 g/mol. The predicted molar refractivity (Wildman–Crippen MR) is 53.4 cm³/mol. The Balaban J connectivity index is 3.16. The van der Waals surface area contributed by atoms with E-state index in [1.165, 1.54) is 11.1 Å². The highest BCUT2D eigenvalue weighted by Crippen LogP contribution is 2.15. The third-order valence-electron chi connectivity index (χ3n) is 2.22. The Hall–Kier alpha value is -1.33. The van der Waals surface area contributed by atoms with Crippen LogP contribution >= 0.6 is 0 Å². The molecule has 1 aromatic carbocycles. The molecule has 1 aromatic rings. The summed E-state index contributed by atoms with van der Waals surface area (Å²) in [6, 6.07) is 6.17. The molecule has 0 atom stereocenters. The Morgan fingerprint density at radius 1 is 1.31 bits per heavy atom. The van der Waals surface area contributed by atoms with Gasteiger partial charge in [0.15, 0.2) is 0 Å². The van der Waals surface area contributed by atoms with Crippen LogP contribution in [0.4, 0.5) is 0 Å². The van der Waals surface area contributed by atoms with Crippen molar-refractivity contribution in [3.63, 3.8) is 0 Å². The minimum absolute atomic E-state index is 0.634. The molecule has 0 aromatic heterocycles. The second-order valence-corrected chi connectivity index (χ2v) is 3.24. The van der Waals surface area contributed by atoms with Gasteiger partial charge < -0.3 is 5.73 Å². The molecule has 0 spiro atoms. The Bertz CT molecular complexity index is 348. The van der Waals surface area contributed by atoms with Gasteiger partial charge in [0, 0.05) is 0 Å². The first kappa shape index (κ1) is 9.76. The Morgan fingerprint density at radius 2 is 2.00 bits per heavy atom. The van der Waals surface area contributed by atoms with E-state index in [0.29, 0.717) is 6.54 Å². The zero-order valence-corrected chi connectivity index (χ0v) is 8.09. The van der Waals surface area contributed by atoms with Gasteiger partial charge in [0.05, 0.1) is 11.6 Å². The van der Waals surface area contributed by atoms with Crippen LogP contribution < -0.4 is 5.73 Å². The SMILES string of the molecule is Cc1cc(C)c(CCN)cc1C#N. The van der Waals surface area contributed by atoms with Gasteiger partial charge in [0.2, 0.25) is 0 Å². The summed E-state index contributed by atoms with van der Waals surface area (Å²) < 4.78 is 0. The van der Waals surface area contributed by atoms with Gasteiger partial charge in [-0.05, 0) is 49.6 Å². The first-order valence-corrected chi connectivity index (χ1v) is 4.39. The normalized spacial score (nSPS) is 9.69. The summed E-state index contributed by atoms with van der Waals surface area (Å²) >= 11 is 0. The molecular weight excluding hydrogens is 160 g/mol. The van der Waals surface area contributed by atoms with Gasteiger partial charge >= 0.3 is 0 Å². The van der Waals surface area contributed by atoms with Gasteiger partial charge in [-0.3, -0.25) is 0 Å². The standard InChI is InChI=1S/C11H14N2/c1-8-5-9(2)11(7-13)6-10(8)3-4-12/h5-6H,3-4,12H2,1-2H3. The molecule has 1 rings (SSSR count). The lowest BCUT2D eigenvalue weighted by atomic mass is 9.99. The van der Waals surface area contributed by atoms with E-state index in [1.54, 1.807) is 0 Å². The van der Waals surface area contributed by atoms with Gasteiger partial charge in [0.25, 0.3) is 0 Å². The summed E-state index contributed by atoms with van der Waals surface area (Å²) in [5.74, 6) is 0. The molecule has 0 aliphatic rings. The molecule has 0 unspecified atom stereocenters. The number of nitriles is 1. The van der Waals surface area contributed by atoms with Crippen LogP contribution in [-0.4, -0.2) is 6.54 Å². The van der Waals surface area contributed by atoms with Crippen LogP contribution in [0.3, 0.4) is 0 Å². The zero-order chi connectivity index (χ0) is 9.84. The highest BCUT2D eigenvalue weighted by Gasteiger charge is 2.02. The highest BCUT2D eigenvalue weighted by atomic mass is 14.5. The van der Waals surface area contributed by atoms with Crippen LogP contribution in [0.15, 0.2) is 12.1 Å². The molecule has 0 saturated carbocycles. The van der Waals surface area contributed by atoms with E-state index in [2.05, 4.69) is 13.0 Å². The van der Waals surface area contributed by atoms with Crippen LogP contribution in [-0.2, 0) is 6.42 Å². The number of rotatable bonds is 2. The summed E-state index contributed by atoms with van der Waals surface area (Å²) in [6.45, 7) is 4.64. The molecule has 0 aliphatic carbocycles. The summed E-state index contributed by atoms with van der Waals surface area (Å²) in [5.41, 5.74) is 9.69. The van der Waals surface area contributed by atoms with Crippen molar-refractivity contribution < 1.29 is 0 Å². The molecule has 0 heterocycles. The summed E-state index contributed by atoms with van der Waals surface area (Å²) in [5, 5.41) is 8.82. The number of aryl methyl sites for hydroxylation is 2. The fraction of sp³-hybridized carbons (Fsp3) is 0.364. The number of hydrogen-bond acceptors (Lipinski definition) is 2. The summed E-state index contributed by atoms with van der Waals surface area (Å²) in [4.78, 5) is 0. The minimum atomic E-state index is 0.634. The van der Waals surface area contributed by atoms with E-state index in [-0.39, 0.29) is 0 Å². The molecule has 2 N–H and O–H groups in total. The average molecular weight is 174 g/mol. The maximum atomic E-state index is 8.82. The van der Waals surface area contributed by atoms with Gasteiger partial charge in [-0.15, -0.1) is 0 Å². The molecule has 0 radical (unpaired) electrons. The number of benzene rings is 1. The molecule has 2 heteroatoms. The van der Waals surface area contributed by atoms with Crippen molar-refractivity contribution in [3.8, 4) is 6.07 Å². The lowest BCUT2D eigenvalue weighted by Gasteiger charge is -2.06. The van der Waals surface area contributed by atoms with E-state index in [4.69, 9.17) is 11.0 Å². The molecular formula is C11H14N2. The van der Waals surface area contributed by atoms with E-state index in [9.17, 15) is 0 Å².